The third-order valence-corrected chi connectivity index (χ3v) is 6.55. The molecule has 4 rings (SSSR count). The molecule has 2 aromatic carbocycles. The molecule has 10 heteroatoms. The topological polar surface area (TPSA) is 146 Å². The molecule has 0 saturated heterocycles. The molecule has 0 spiro atoms. The van der Waals surface area contributed by atoms with Crippen LogP contribution in [0.2, 0.25) is 0 Å². The van der Waals surface area contributed by atoms with Gasteiger partial charge >= 0.3 is 12.0 Å². The van der Waals surface area contributed by atoms with Crippen molar-refractivity contribution in [2.75, 3.05) is 16.4 Å². The number of benzene rings is 2. The predicted molar refractivity (Wildman–Crippen MR) is 148 cm³/mol. The van der Waals surface area contributed by atoms with Crippen molar-refractivity contribution in [1.82, 2.24) is 10.3 Å². The van der Waals surface area contributed by atoms with E-state index in [0.717, 1.165) is 26.8 Å². The Bertz CT molecular complexity index is 1510. The summed E-state index contributed by atoms with van der Waals surface area (Å²) in [7, 11) is 0. The second kappa shape index (κ2) is 10.9. The summed E-state index contributed by atoms with van der Waals surface area (Å²) >= 11 is 1.46. The quantitative estimate of drug-likeness (QED) is 0.216. The molecule has 0 aliphatic heterocycles. The Balaban J connectivity index is 1.51. The minimum Gasteiger partial charge on any atom is -0.480 e. The van der Waals surface area contributed by atoms with E-state index in [1.165, 1.54) is 24.3 Å². The minimum absolute atomic E-state index is 0.342. The van der Waals surface area contributed by atoms with E-state index in [0.29, 0.717) is 22.8 Å². The number of nitrogens with one attached hydrogen (secondary N) is 3. The molecule has 0 saturated carbocycles. The van der Waals surface area contributed by atoms with Gasteiger partial charge in [0.15, 0.2) is 0 Å². The summed E-state index contributed by atoms with van der Waals surface area (Å²) in [6.07, 6.45) is 4.43. The van der Waals surface area contributed by atoms with Gasteiger partial charge in [0.05, 0.1) is 0 Å². The molecule has 0 bridgehead atoms. The summed E-state index contributed by atoms with van der Waals surface area (Å²) in [5.41, 5.74) is 11.0. The van der Waals surface area contributed by atoms with E-state index in [-0.39, 0.29) is 6.03 Å². The van der Waals surface area contributed by atoms with Gasteiger partial charge in [-0.1, -0.05) is 24.3 Å². The third kappa shape index (κ3) is 6.11. The maximum absolute atomic E-state index is 12.4. The minimum atomic E-state index is -1.12. The lowest BCUT2D eigenvalue weighted by Gasteiger charge is -2.09. The van der Waals surface area contributed by atoms with Gasteiger partial charge in [0.1, 0.15) is 11.9 Å². The number of carboxylic acids is 1. The number of aromatic nitrogens is 1. The molecule has 4 aromatic rings. The maximum atomic E-state index is 12.4. The molecule has 188 valence electrons. The summed E-state index contributed by atoms with van der Waals surface area (Å²) in [6.45, 7) is 3.34. The van der Waals surface area contributed by atoms with Crippen molar-refractivity contribution >= 4 is 62.6 Å². The van der Waals surface area contributed by atoms with Gasteiger partial charge in [0.2, 0.25) is 5.91 Å². The maximum Gasteiger partial charge on any atom is 0.325 e. The smallest absolute Gasteiger partial charge is 0.325 e. The number of rotatable bonds is 7. The average Bonchev–Trinajstić information content (AvgIpc) is 3.30. The lowest BCUT2D eigenvalue weighted by molar-refractivity contribution is -0.140. The molecule has 0 radical (unpaired) electrons. The fraction of sp³-hybridized carbons (Fsp3) is 0.111. The van der Waals surface area contributed by atoms with Crippen LogP contribution in [-0.2, 0) is 9.59 Å². The Hall–Kier alpha value is -4.70. The second-order valence-corrected chi connectivity index (χ2v) is 9.26. The van der Waals surface area contributed by atoms with Crippen LogP contribution in [0.15, 0.2) is 66.2 Å². The Labute approximate surface area is 217 Å². The number of pyridine rings is 1. The number of carbonyl (C=O) groups is 3. The number of nitrogens with zero attached hydrogens (tertiary/aromatic N) is 1. The summed E-state index contributed by atoms with van der Waals surface area (Å²) in [6, 6.07) is 13.6. The summed E-state index contributed by atoms with van der Waals surface area (Å²) < 4.78 is 0.845. The Kier molecular flexibility index (Phi) is 7.49. The lowest BCUT2D eigenvalue weighted by Crippen LogP contribution is -2.37. The van der Waals surface area contributed by atoms with Gasteiger partial charge in [-0.05, 0) is 60.7 Å². The van der Waals surface area contributed by atoms with E-state index in [4.69, 9.17) is 10.8 Å². The van der Waals surface area contributed by atoms with E-state index in [1.807, 2.05) is 48.7 Å². The molecule has 0 fully saturated rings. The highest BCUT2D eigenvalue weighted by molar-refractivity contribution is 7.18. The van der Waals surface area contributed by atoms with E-state index < -0.39 is 17.9 Å². The zero-order valence-electron chi connectivity index (χ0n) is 20.1. The fourth-order valence-corrected chi connectivity index (χ4v) is 4.73. The Morgan fingerprint density at radius 3 is 2.51 bits per heavy atom. The van der Waals surface area contributed by atoms with Crippen molar-refractivity contribution < 1.29 is 19.5 Å². The van der Waals surface area contributed by atoms with Gasteiger partial charge < -0.3 is 26.8 Å². The van der Waals surface area contributed by atoms with E-state index in [2.05, 4.69) is 20.9 Å². The molecule has 37 heavy (non-hydrogen) atoms. The predicted octanol–water partition coefficient (Wildman–Crippen LogP) is 5.10. The number of thiophene rings is 1. The number of nitrogen functional groups attached to an aromatic ring is 1. The van der Waals surface area contributed by atoms with E-state index in [9.17, 15) is 14.4 Å². The molecule has 0 aliphatic carbocycles. The van der Waals surface area contributed by atoms with Crippen LogP contribution in [0.3, 0.4) is 0 Å². The van der Waals surface area contributed by atoms with Crippen LogP contribution in [0.25, 0.3) is 27.3 Å². The first kappa shape index (κ1) is 25.4. The molecule has 0 unspecified atom stereocenters. The number of amides is 3. The molecular weight excluding hydrogens is 490 g/mol. The number of carboxylic acid groups (broad SMARTS) is 1. The standard InChI is InChI=1S/C27H25N5O4S/c1-15-4-3-5-20(12-15)32-27(36)31-19-9-6-17(7-10-19)21-14-37-24-18(13-29-25(28)23(21)24)8-11-22(33)30-16(2)26(34)35/h3-14,16H,1-2H3,(H2,28,29)(H,30,33)(H,34,35)(H2,31,32,36)/b11-8+/t16-/m1/s1. The van der Waals surface area contributed by atoms with Crippen molar-refractivity contribution in [3.05, 3.63) is 77.3 Å². The summed E-state index contributed by atoms with van der Waals surface area (Å²) in [5, 5.41) is 19.7. The van der Waals surface area contributed by atoms with Crippen LogP contribution in [0.1, 0.15) is 18.1 Å². The van der Waals surface area contributed by atoms with Crippen molar-refractivity contribution in [2.45, 2.75) is 19.9 Å². The van der Waals surface area contributed by atoms with Crippen LogP contribution in [-0.4, -0.2) is 34.0 Å². The van der Waals surface area contributed by atoms with Crippen molar-refractivity contribution in [2.24, 2.45) is 0 Å². The van der Waals surface area contributed by atoms with Crippen LogP contribution in [0, 0.1) is 6.92 Å². The highest BCUT2D eigenvalue weighted by Crippen LogP contribution is 2.39. The zero-order chi connectivity index (χ0) is 26.5. The van der Waals surface area contributed by atoms with Gasteiger partial charge in [-0.15, -0.1) is 11.3 Å². The lowest BCUT2D eigenvalue weighted by atomic mass is 10.0. The van der Waals surface area contributed by atoms with Gasteiger partial charge in [-0.3, -0.25) is 9.59 Å². The first-order valence-electron chi connectivity index (χ1n) is 11.3. The molecular formula is C27H25N5O4S. The molecule has 9 nitrogen and oxygen atoms in total. The van der Waals surface area contributed by atoms with E-state index >= 15 is 0 Å². The normalized spacial score (nSPS) is 11.8. The Morgan fingerprint density at radius 2 is 1.81 bits per heavy atom. The molecule has 2 aromatic heterocycles. The number of urea groups is 1. The number of aryl methyl sites for hydroxylation is 1. The second-order valence-electron chi connectivity index (χ2n) is 8.38. The number of nitrogens with two attached hydrogens (primary N) is 1. The highest BCUT2D eigenvalue weighted by atomic mass is 32.1. The van der Waals surface area contributed by atoms with Gasteiger partial charge in [0, 0.05) is 44.9 Å². The van der Waals surface area contributed by atoms with Crippen LogP contribution < -0.4 is 21.7 Å². The average molecular weight is 516 g/mol. The van der Waals surface area contributed by atoms with Crippen molar-refractivity contribution in [3.63, 3.8) is 0 Å². The molecule has 0 aliphatic rings. The molecule has 6 N–H and O–H groups in total. The molecule has 1 atom stereocenters. The third-order valence-electron chi connectivity index (χ3n) is 5.53. The van der Waals surface area contributed by atoms with Crippen molar-refractivity contribution in [3.8, 4) is 11.1 Å². The Morgan fingerprint density at radius 1 is 1.08 bits per heavy atom. The first-order chi connectivity index (χ1) is 17.7. The summed E-state index contributed by atoms with van der Waals surface area (Å²) in [4.78, 5) is 39.6. The van der Waals surface area contributed by atoms with Crippen molar-refractivity contribution in [1.29, 1.82) is 0 Å². The van der Waals surface area contributed by atoms with Crippen LogP contribution in [0.5, 0.6) is 0 Å². The number of hydrogen-bond donors (Lipinski definition) is 5. The number of hydrogen-bond acceptors (Lipinski definition) is 6. The van der Waals surface area contributed by atoms with Gasteiger partial charge in [0.25, 0.3) is 0 Å². The molecule has 2 heterocycles. The van der Waals surface area contributed by atoms with Gasteiger partial charge in [-0.2, -0.15) is 0 Å². The SMILES string of the molecule is Cc1cccc(NC(=O)Nc2ccc(-c3csc4c(/C=C/C(=O)N[C@H](C)C(=O)O)cnc(N)c34)cc2)c1. The number of fused-ring (bicyclic) bond motifs is 1. The summed E-state index contributed by atoms with van der Waals surface area (Å²) in [5.74, 6) is -1.28. The van der Waals surface area contributed by atoms with Crippen LogP contribution in [0.4, 0.5) is 22.0 Å². The zero-order valence-corrected chi connectivity index (χ0v) is 20.9. The number of anilines is 3. The fourth-order valence-electron chi connectivity index (χ4n) is 3.66. The van der Waals surface area contributed by atoms with E-state index in [1.54, 1.807) is 24.4 Å². The molecule has 3 amide bonds. The monoisotopic (exact) mass is 515 g/mol. The number of aliphatic carboxylic acids is 1. The largest absolute Gasteiger partial charge is 0.480 e. The first-order valence-corrected chi connectivity index (χ1v) is 12.2. The van der Waals surface area contributed by atoms with Gasteiger partial charge in [-0.25, -0.2) is 9.78 Å². The highest BCUT2D eigenvalue weighted by Gasteiger charge is 2.15. The van der Waals surface area contributed by atoms with Crippen LogP contribution >= 0.6 is 11.3 Å². The number of carbonyl (C=O) groups excluding carboxylic acids is 2.